The molecule has 1 aliphatic heterocycles. The number of hydrogen-bond donors (Lipinski definition) is 1. The fraction of sp³-hybridized carbons (Fsp3) is 0.846. The third-order valence-electron chi connectivity index (χ3n) is 3.13. The first kappa shape index (κ1) is 18.7. The van der Waals surface area contributed by atoms with Crippen LogP contribution in [0.3, 0.4) is 0 Å². The molecule has 0 atom stereocenters. The van der Waals surface area contributed by atoms with E-state index in [1.54, 1.807) is 32.6 Å². The van der Waals surface area contributed by atoms with Gasteiger partial charge in [-0.15, -0.1) is 0 Å². The van der Waals surface area contributed by atoms with Gasteiger partial charge >= 0.3 is 6.09 Å². The molecular weight excluding hydrogens is 310 g/mol. The monoisotopic (exact) mass is 335 g/mol. The number of ether oxygens (including phenoxy) is 1. The van der Waals surface area contributed by atoms with Gasteiger partial charge in [0.25, 0.3) is 0 Å². The van der Waals surface area contributed by atoms with E-state index in [0.717, 1.165) is 0 Å². The van der Waals surface area contributed by atoms with Crippen molar-refractivity contribution in [1.29, 1.82) is 0 Å². The molecule has 1 rings (SSSR count). The first-order valence-electron chi connectivity index (χ1n) is 7.27. The molecule has 0 bridgehead atoms. The second-order valence-corrected chi connectivity index (χ2v) is 8.29. The standard InChI is InChI=1S/C13H25N3O5S/c1-5-22(19,20)16-8-6-15(7-9-16)11(17)10-14-12(18)21-13(2,3)4/h5-10H2,1-4H3,(H,14,18). The maximum Gasteiger partial charge on any atom is 0.408 e. The summed E-state index contributed by atoms with van der Waals surface area (Å²) in [5, 5.41) is 2.40. The fourth-order valence-corrected chi connectivity index (χ4v) is 3.06. The summed E-state index contributed by atoms with van der Waals surface area (Å²) in [4.78, 5) is 25.0. The van der Waals surface area contributed by atoms with Crippen molar-refractivity contribution in [2.24, 2.45) is 0 Å². The van der Waals surface area contributed by atoms with E-state index >= 15 is 0 Å². The number of piperazine rings is 1. The molecule has 128 valence electrons. The first-order chi connectivity index (χ1) is 10.0. The van der Waals surface area contributed by atoms with E-state index in [-0.39, 0.29) is 31.3 Å². The van der Waals surface area contributed by atoms with Crippen LogP contribution in [-0.4, -0.2) is 73.7 Å². The summed E-state index contributed by atoms with van der Waals surface area (Å²) in [6.07, 6.45) is -0.645. The van der Waals surface area contributed by atoms with Crippen LogP contribution in [0.15, 0.2) is 0 Å². The van der Waals surface area contributed by atoms with Crippen LogP contribution in [0.1, 0.15) is 27.7 Å². The third kappa shape index (κ3) is 5.80. The van der Waals surface area contributed by atoms with Gasteiger partial charge in [-0.2, -0.15) is 4.31 Å². The van der Waals surface area contributed by atoms with Crippen molar-refractivity contribution in [3.05, 3.63) is 0 Å². The Morgan fingerprint density at radius 3 is 2.14 bits per heavy atom. The maximum absolute atomic E-state index is 12.0. The molecule has 0 radical (unpaired) electrons. The van der Waals surface area contributed by atoms with E-state index in [1.165, 1.54) is 4.31 Å². The first-order valence-corrected chi connectivity index (χ1v) is 8.88. The number of alkyl carbamates (subject to hydrolysis) is 1. The molecule has 1 heterocycles. The lowest BCUT2D eigenvalue weighted by Crippen LogP contribution is -2.53. The van der Waals surface area contributed by atoms with Gasteiger partial charge in [0.05, 0.1) is 5.75 Å². The molecule has 0 saturated carbocycles. The molecule has 8 nitrogen and oxygen atoms in total. The molecule has 1 fully saturated rings. The van der Waals surface area contributed by atoms with E-state index in [4.69, 9.17) is 4.74 Å². The Kier molecular flexibility index (Phi) is 6.18. The van der Waals surface area contributed by atoms with E-state index < -0.39 is 21.7 Å². The molecular formula is C13H25N3O5S. The number of hydrogen-bond acceptors (Lipinski definition) is 5. The topological polar surface area (TPSA) is 96.0 Å². The van der Waals surface area contributed by atoms with Crippen molar-refractivity contribution in [3.63, 3.8) is 0 Å². The number of nitrogens with one attached hydrogen (secondary N) is 1. The fourth-order valence-electron chi connectivity index (χ4n) is 1.97. The van der Waals surface area contributed by atoms with Gasteiger partial charge in [-0.25, -0.2) is 13.2 Å². The molecule has 2 amide bonds. The van der Waals surface area contributed by atoms with Gasteiger partial charge in [-0.05, 0) is 27.7 Å². The molecule has 0 aromatic rings. The van der Waals surface area contributed by atoms with Gasteiger partial charge in [-0.3, -0.25) is 4.79 Å². The number of rotatable bonds is 4. The van der Waals surface area contributed by atoms with Gasteiger partial charge in [-0.1, -0.05) is 0 Å². The van der Waals surface area contributed by atoms with Gasteiger partial charge in [0.15, 0.2) is 0 Å². The minimum atomic E-state index is -3.21. The highest BCUT2D eigenvalue weighted by molar-refractivity contribution is 7.89. The molecule has 0 unspecified atom stereocenters. The van der Waals surface area contributed by atoms with Crippen LogP contribution in [0.4, 0.5) is 4.79 Å². The van der Waals surface area contributed by atoms with Crippen molar-refractivity contribution in [2.75, 3.05) is 38.5 Å². The minimum Gasteiger partial charge on any atom is -0.444 e. The Bertz CT molecular complexity index is 504. The van der Waals surface area contributed by atoms with Crippen molar-refractivity contribution >= 4 is 22.0 Å². The predicted molar refractivity (Wildman–Crippen MR) is 81.9 cm³/mol. The van der Waals surface area contributed by atoms with E-state index in [2.05, 4.69) is 5.32 Å². The predicted octanol–water partition coefficient (Wildman–Crippen LogP) is 0.00500. The van der Waals surface area contributed by atoms with Gasteiger partial charge < -0.3 is 15.0 Å². The Morgan fingerprint density at radius 2 is 1.68 bits per heavy atom. The molecule has 0 spiro atoms. The summed E-state index contributed by atoms with van der Waals surface area (Å²) < 4.78 is 29.9. The second-order valence-electron chi connectivity index (χ2n) is 6.04. The second kappa shape index (κ2) is 7.28. The highest BCUT2D eigenvalue weighted by atomic mass is 32.2. The van der Waals surface area contributed by atoms with Crippen molar-refractivity contribution in [2.45, 2.75) is 33.3 Å². The van der Waals surface area contributed by atoms with Crippen LogP contribution in [0, 0.1) is 0 Å². The molecule has 1 aliphatic rings. The van der Waals surface area contributed by atoms with Crippen LogP contribution in [0.25, 0.3) is 0 Å². The average Bonchev–Trinajstić information content (AvgIpc) is 2.43. The van der Waals surface area contributed by atoms with Crippen LogP contribution >= 0.6 is 0 Å². The summed E-state index contributed by atoms with van der Waals surface area (Å²) in [7, 11) is -3.21. The zero-order valence-corrected chi connectivity index (χ0v) is 14.4. The largest absolute Gasteiger partial charge is 0.444 e. The highest BCUT2D eigenvalue weighted by Gasteiger charge is 2.27. The SMILES string of the molecule is CCS(=O)(=O)N1CCN(C(=O)CNC(=O)OC(C)(C)C)CC1. The smallest absolute Gasteiger partial charge is 0.408 e. The number of amides is 2. The van der Waals surface area contributed by atoms with Gasteiger partial charge in [0.2, 0.25) is 15.9 Å². The van der Waals surface area contributed by atoms with Crippen LogP contribution in [-0.2, 0) is 19.6 Å². The molecule has 1 saturated heterocycles. The molecule has 0 aliphatic carbocycles. The lowest BCUT2D eigenvalue weighted by atomic mass is 10.2. The lowest BCUT2D eigenvalue weighted by molar-refractivity contribution is -0.131. The lowest BCUT2D eigenvalue weighted by Gasteiger charge is -2.33. The number of nitrogens with zero attached hydrogens (tertiary/aromatic N) is 2. The van der Waals surface area contributed by atoms with Gasteiger partial charge in [0, 0.05) is 26.2 Å². The third-order valence-corrected chi connectivity index (χ3v) is 5.01. The highest BCUT2D eigenvalue weighted by Crippen LogP contribution is 2.08. The maximum atomic E-state index is 12.0. The van der Waals surface area contributed by atoms with Crippen molar-refractivity contribution in [3.8, 4) is 0 Å². The number of sulfonamides is 1. The average molecular weight is 335 g/mol. The molecule has 0 aromatic carbocycles. The van der Waals surface area contributed by atoms with E-state index in [1.807, 2.05) is 0 Å². The summed E-state index contributed by atoms with van der Waals surface area (Å²) in [5.74, 6) is -0.194. The Morgan fingerprint density at radius 1 is 1.14 bits per heavy atom. The minimum absolute atomic E-state index is 0.0567. The molecule has 9 heteroatoms. The summed E-state index contributed by atoms with van der Waals surface area (Å²) >= 11 is 0. The normalized spacial score (nSPS) is 17.2. The summed E-state index contributed by atoms with van der Waals surface area (Å²) in [5.41, 5.74) is -0.618. The molecule has 1 N–H and O–H groups in total. The Balaban J connectivity index is 2.39. The van der Waals surface area contributed by atoms with Crippen molar-refractivity contribution in [1.82, 2.24) is 14.5 Å². The van der Waals surface area contributed by atoms with Crippen LogP contribution in [0.5, 0.6) is 0 Å². The van der Waals surface area contributed by atoms with Crippen molar-refractivity contribution < 1.29 is 22.7 Å². The molecule has 0 aromatic heterocycles. The quantitative estimate of drug-likeness (QED) is 0.780. The van der Waals surface area contributed by atoms with Crippen LogP contribution in [0.2, 0.25) is 0 Å². The molecule has 22 heavy (non-hydrogen) atoms. The van der Waals surface area contributed by atoms with Gasteiger partial charge in [0.1, 0.15) is 12.1 Å². The number of carbonyl (C=O) groups excluding carboxylic acids is 2. The Hall–Kier alpha value is -1.35. The number of carbonyl (C=O) groups is 2. The van der Waals surface area contributed by atoms with E-state index in [9.17, 15) is 18.0 Å². The summed E-state index contributed by atoms with van der Waals surface area (Å²) in [6, 6.07) is 0. The summed E-state index contributed by atoms with van der Waals surface area (Å²) in [6.45, 7) is 7.88. The Labute approximate surface area is 131 Å². The zero-order valence-electron chi connectivity index (χ0n) is 13.6. The van der Waals surface area contributed by atoms with E-state index in [0.29, 0.717) is 13.1 Å². The zero-order chi connectivity index (χ0) is 17.0. The van der Waals surface area contributed by atoms with Crippen LogP contribution < -0.4 is 5.32 Å².